The number of hydrogen-bond donors (Lipinski definition) is 0. The van der Waals surface area contributed by atoms with Gasteiger partial charge in [0.2, 0.25) is 0 Å². The molecule has 0 spiro atoms. The van der Waals surface area contributed by atoms with Crippen molar-refractivity contribution in [2.75, 3.05) is 0 Å². The van der Waals surface area contributed by atoms with E-state index >= 15 is 0 Å². The van der Waals surface area contributed by atoms with E-state index in [-0.39, 0.29) is 10.8 Å². The van der Waals surface area contributed by atoms with Crippen LogP contribution in [0.2, 0.25) is 0 Å². The zero-order valence-electron chi connectivity index (χ0n) is 31.2. The van der Waals surface area contributed by atoms with E-state index in [4.69, 9.17) is 0 Å². The van der Waals surface area contributed by atoms with Gasteiger partial charge in [0.15, 0.2) is 0 Å². The van der Waals surface area contributed by atoms with Crippen molar-refractivity contribution in [2.45, 2.75) is 38.5 Å². The highest BCUT2D eigenvalue weighted by molar-refractivity contribution is 6.25. The summed E-state index contributed by atoms with van der Waals surface area (Å²) in [5.74, 6) is 0. The summed E-state index contributed by atoms with van der Waals surface area (Å²) < 4.78 is 0. The van der Waals surface area contributed by atoms with Gasteiger partial charge in [0, 0.05) is 10.8 Å². The van der Waals surface area contributed by atoms with Gasteiger partial charge in [-0.2, -0.15) is 0 Å². The van der Waals surface area contributed by atoms with Crippen LogP contribution < -0.4 is 0 Å². The van der Waals surface area contributed by atoms with Gasteiger partial charge in [0.25, 0.3) is 0 Å². The SMILES string of the molecule is CC1(C)c2ccccc2-c2c(-c3cc(-c4ccc5c6ccccc6c6ccccc6c5c4)cc(-c4cccc5c4-c4ccccc4C5(C)C)c3)cccc21. The Morgan fingerprint density at radius 3 is 1.13 bits per heavy atom. The fraction of sp³-hybridized carbons (Fsp3) is 0.111. The summed E-state index contributed by atoms with van der Waals surface area (Å²) in [7, 11) is 0. The molecule has 9 aromatic carbocycles. The van der Waals surface area contributed by atoms with Crippen LogP contribution in [0.4, 0.5) is 0 Å². The Morgan fingerprint density at radius 1 is 0.259 bits per heavy atom. The van der Waals surface area contributed by atoms with Crippen molar-refractivity contribution in [3.05, 3.63) is 192 Å². The molecule has 0 atom stereocenters. The van der Waals surface area contributed by atoms with E-state index in [1.807, 2.05) is 0 Å². The van der Waals surface area contributed by atoms with E-state index in [0.29, 0.717) is 0 Å². The maximum Gasteiger partial charge on any atom is 0.0159 e. The second kappa shape index (κ2) is 11.1. The lowest BCUT2D eigenvalue weighted by Crippen LogP contribution is -2.14. The molecular weight excluding hydrogens is 649 g/mol. The van der Waals surface area contributed by atoms with Crippen LogP contribution in [-0.4, -0.2) is 0 Å². The molecule has 0 amide bonds. The summed E-state index contributed by atoms with van der Waals surface area (Å²) in [6, 6.07) is 64.1. The minimum absolute atomic E-state index is 0.0693. The maximum absolute atomic E-state index is 2.46. The minimum Gasteiger partial charge on any atom is -0.0619 e. The fourth-order valence-corrected chi connectivity index (χ4v) is 10.2. The zero-order chi connectivity index (χ0) is 36.3. The molecule has 0 heterocycles. The van der Waals surface area contributed by atoms with Crippen molar-refractivity contribution in [1.82, 2.24) is 0 Å². The van der Waals surface area contributed by atoms with Crippen molar-refractivity contribution in [3.8, 4) is 55.6 Å². The third-order valence-electron chi connectivity index (χ3n) is 12.8. The highest BCUT2D eigenvalue weighted by Crippen LogP contribution is 2.55. The molecule has 2 aliphatic carbocycles. The fourth-order valence-electron chi connectivity index (χ4n) is 10.2. The molecule has 0 heteroatoms. The molecule has 54 heavy (non-hydrogen) atoms. The smallest absolute Gasteiger partial charge is 0.0159 e. The number of rotatable bonds is 3. The predicted molar refractivity (Wildman–Crippen MR) is 230 cm³/mol. The van der Waals surface area contributed by atoms with Crippen LogP contribution in [0.1, 0.15) is 49.9 Å². The number of hydrogen-bond acceptors (Lipinski definition) is 0. The normalized spacial score (nSPS) is 14.6. The van der Waals surface area contributed by atoms with Crippen LogP contribution in [0.15, 0.2) is 170 Å². The first-order chi connectivity index (χ1) is 26.3. The van der Waals surface area contributed by atoms with Crippen molar-refractivity contribution >= 4 is 32.3 Å². The monoisotopic (exact) mass is 688 g/mol. The lowest BCUT2D eigenvalue weighted by Gasteiger charge is -2.22. The molecule has 0 fully saturated rings. The van der Waals surface area contributed by atoms with E-state index in [2.05, 4.69) is 198 Å². The van der Waals surface area contributed by atoms with Gasteiger partial charge in [-0.1, -0.05) is 173 Å². The van der Waals surface area contributed by atoms with E-state index in [1.165, 1.54) is 110 Å². The largest absolute Gasteiger partial charge is 0.0619 e. The van der Waals surface area contributed by atoms with E-state index < -0.39 is 0 Å². The van der Waals surface area contributed by atoms with Gasteiger partial charge in [0.1, 0.15) is 0 Å². The van der Waals surface area contributed by atoms with Gasteiger partial charge in [-0.25, -0.2) is 0 Å². The van der Waals surface area contributed by atoms with Crippen LogP contribution in [0.5, 0.6) is 0 Å². The second-order valence-electron chi connectivity index (χ2n) is 16.4. The second-order valence-corrected chi connectivity index (χ2v) is 16.4. The molecule has 0 unspecified atom stereocenters. The molecule has 256 valence electrons. The topological polar surface area (TPSA) is 0 Å². The van der Waals surface area contributed by atoms with Crippen LogP contribution in [0.25, 0.3) is 88.0 Å². The highest BCUT2D eigenvalue weighted by Gasteiger charge is 2.38. The molecule has 0 radical (unpaired) electrons. The van der Waals surface area contributed by atoms with Gasteiger partial charge < -0.3 is 0 Å². The van der Waals surface area contributed by atoms with Gasteiger partial charge in [-0.15, -0.1) is 0 Å². The quantitative estimate of drug-likeness (QED) is 0.162. The summed E-state index contributed by atoms with van der Waals surface area (Å²) >= 11 is 0. The average Bonchev–Trinajstić information content (AvgIpc) is 3.60. The summed E-state index contributed by atoms with van der Waals surface area (Å²) in [6.45, 7) is 9.50. The van der Waals surface area contributed by atoms with E-state index in [1.54, 1.807) is 0 Å². The molecule has 0 aromatic heterocycles. The molecular formula is C54H40. The third-order valence-corrected chi connectivity index (χ3v) is 12.8. The molecule has 2 aliphatic rings. The minimum atomic E-state index is -0.0693. The molecule has 0 bridgehead atoms. The lowest BCUT2D eigenvalue weighted by atomic mass is 9.81. The molecule has 0 aliphatic heterocycles. The van der Waals surface area contributed by atoms with Crippen LogP contribution in [0.3, 0.4) is 0 Å². The third kappa shape index (κ3) is 4.26. The first kappa shape index (κ1) is 31.3. The molecule has 0 nitrogen and oxygen atoms in total. The average molecular weight is 689 g/mol. The van der Waals surface area contributed by atoms with Crippen molar-refractivity contribution in [1.29, 1.82) is 0 Å². The molecule has 11 rings (SSSR count). The summed E-state index contributed by atoms with van der Waals surface area (Å²) in [4.78, 5) is 0. The Balaban J connectivity index is 1.21. The maximum atomic E-state index is 2.46. The number of fused-ring (bicyclic) bond motifs is 12. The standard InChI is InChI=1S/C54H40/c1-53(2)47-23-11-9-19-44(47)51-37(21-13-25-49(51)53)35-29-34(30-36(31-35)38-22-14-26-50-52(38)45-20-10-12-24-48(45)54(50,3)4)33-27-28-43-41-17-6-5-15-39(41)40-16-7-8-18-42(40)46(43)32-33/h5-32H,1-4H3. The van der Waals surface area contributed by atoms with Crippen LogP contribution in [-0.2, 0) is 10.8 Å². The Bertz CT molecular complexity index is 2880. The zero-order valence-corrected chi connectivity index (χ0v) is 31.2. The van der Waals surface area contributed by atoms with E-state index in [9.17, 15) is 0 Å². The predicted octanol–water partition coefficient (Wildman–Crippen LogP) is 14.8. The van der Waals surface area contributed by atoms with Crippen molar-refractivity contribution in [2.24, 2.45) is 0 Å². The summed E-state index contributed by atoms with van der Waals surface area (Å²) in [5, 5.41) is 7.79. The number of benzene rings is 9. The highest BCUT2D eigenvalue weighted by atomic mass is 14.4. The van der Waals surface area contributed by atoms with Gasteiger partial charge >= 0.3 is 0 Å². The van der Waals surface area contributed by atoms with Gasteiger partial charge in [0.05, 0.1) is 0 Å². The van der Waals surface area contributed by atoms with Gasteiger partial charge in [-0.05, 0) is 134 Å². The Labute approximate surface area is 317 Å². The Kier molecular flexibility index (Phi) is 6.46. The van der Waals surface area contributed by atoms with Crippen molar-refractivity contribution < 1.29 is 0 Å². The van der Waals surface area contributed by atoms with E-state index in [0.717, 1.165) is 0 Å². The Morgan fingerprint density at radius 2 is 0.630 bits per heavy atom. The molecule has 0 saturated heterocycles. The molecule has 9 aromatic rings. The first-order valence-corrected chi connectivity index (χ1v) is 19.3. The Hall–Kier alpha value is -6.24. The lowest BCUT2D eigenvalue weighted by molar-refractivity contribution is 0.660. The first-order valence-electron chi connectivity index (χ1n) is 19.3. The molecule has 0 saturated carbocycles. The van der Waals surface area contributed by atoms with Crippen molar-refractivity contribution in [3.63, 3.8) is 0 Å². The van der Waals surface area contributed by atoms with Gasteiger partial charge in [-0.3, -0.25) is 0 Å². The summed E-state index contributed by atoms with van der Waals surface area (Å²) in [6.07, 6.45) is 0. The molecule has 0 N–H and O–H groups in total. The van der Waals surface area contributed by atoms with Crippen LogP contribution >= 0.6 is 0 Å². The summed E-state index contributed by atoms with van der Waals surface area (Å²) in [5.41, 5.74) is 18.4. The van der Waals surface area contributed by atoms with Crippen LogP contribution in [0, 0.1) is 0 Å².